The van der Waals surface area contributed by atoms with E-state index in [9.17, 15) is 9.59 Å². The van der Waals surface area contributed by atoms with Gasteiger partial charge in [-0.3, -0.25) is 4.79 Å². The van der Waals surface area contributed by atoms with Crippen LogP contribution >= 0.6 is 11.3 Å². The van der Waals surface area contributed by atoms with E-state index >= 15 is 0 Å². The van der Waals surface area contributed by atoms with Crippen LogP contribution < -0.4 is 0 Å². The van der Waals surface area contributed by atoms with Crippen molar-refractivity contribution in [2.75, 3.05) is 0 Å². The highest BCUT2D eigenvalue weighted by Crippen LogP contribution is 2.33. The molecule has 1 fully saturated rings. The topological polar surface area (TPSA) is 43.4 Å². The molecule has 1 aromatic heterocycles. The summed E-state index contributed by atoms with van der Waals surface area (Å²) in [7, 11) is 0. The molecule has 2 aliphatic carbocycles. The Morgan fingerprint density at radius 1 is 1.30 bits per heavy atom. The molecule has 0 amide bonds. The number of hydrogen-bond acceptors (Lipinski definition) is 4. The molecule has 3 nitrogen and oxygen atoms in total. The zero-order chi connectivity index (χ0) is 14.1. The molecule has 0 radical (unpaired) electrons. The lowest BCUT2D eigenvalue weighted by Crippen LogP contribution is -2.29. The Balaban J connectivity index is 1.69. The highest BCUT2D eigenvalue weighted by atomic mass is 32.1. The molecule has 1 aromatic rings. The number of esters is 1. The molecular formula is C16H20O3S. The fraction of sp³-hybridized carbons (Fsp3) is 0.625. The van der Waals surface area contributed by atoms with E-state index < -0.39 is 6.10 Å². The Labute approximate surface area is 123 Å². The molecule has 2 aliphatic rings. The van der Waals surface area contributed by atoms with Crippen LogP contribution in [0.3, 0.4) is 0 Å². The second-order valence-corrected chi connectivity index (χ2v) is 7.15. The Morgan fingerprint density at radius 2 is 2.15 bits per heavy atom. The first-order valence-electron chi connectivity index (χ1n) is 7.49. The lowest BCUT2D eigenvalue weighted by Gasteiger charge is -2.20. The standard InChI is InChI=1S/C16H20O3S/c1-10-6-7-14-11(8-10)9-15(20-14)16(18)19-13-5-3-2-4-12(13)17/h9-10,13H,2-8H2,1H3/t10-,13+/m0/s1. The summed E-state index contributed by atoms with van der Waals surface area (Å²) >= 11 is 1.55. The zero-order valence-corrected chi connectivity index (χ0v) is 12.6. The fourth-order valence-electron chi connectivity index (χ4n) is 3.07. The number of aryl methyl sites for hydroxylation is 1. The van der Waals surface area contributed by atoms with Gasteiger partial charge in [0.15, 0.2) is 11.9 Å². The second kappa shape index (κ2) is 5.68. The third-order valence-electron chi connectivity index (χ3n) is 4.28. The van der Waals surface area contributed by atoms with Crippen molar-refractivity contribution in [1.82, 2.24) is 0 Å². The predicted octanol–water partition coefficient (Wildman–Crippen LogP) is 3.54. The molecule has 0 unspecified atom stereocenters. The fourth-order valence-corrected chi connectivity index (χ4v) is 4.16. The van der Waals surface area contributed by atoms with Gasteiger partial charge < -0.3 is 4.74 Å². The molecule has 0 N–H and O–H groups in total. The minimum Gasteiger partial charge on any atom is -0.450 e. The van der Waals surface area contributed by atoms with Gasteiger partial charge in [0, 0.05) is 11.3 Å². The van der Waals surface area contributed by atoms with Gasteiger partial charge in [0.2, 0.25) is 0 Å². The average Bonchev–Trinajstić information content (AvgIpc) is 2.84. The number of rotatable bonds is 2. The number of hydrogen-bond donors (Lipinski definition) is 0. The maximum atomic E-state index is 12.2. The van der Waals surface area contributed by atoms with Gasteiger partial charge in [0.1, 0.15) is 4.88 Å². The first-order chi connectivity index (χ1) is 9.63. The lowest BCUT2D eigenvalue weighted by molar-refractivity contribution is -0.129. The maximum absolute atomic E-state index is 12.2. The molecule has 108 valence electrons. The molecule has 4 heteroatoms. The van der Waals surface area contributed by atoms with E-state index in [1.54, 1.807) is 11.3 Å². The van der Waals surface area contributed by atoms with Gasteiger partial charge in [-0.1, -0.05) is 6.92 Å². The van der Waals surface area contributed by atoms with Gasteiger partial charge >= 0.3 is 5.97 Å². The summed E-state index contributed by atoms with van der Waals surface area (Å²) in [5, 5.41) is 0. The molecule has 0 spiro atoms. The van der Waals surface area contributed by atoms with E-state index in [1.165, 1.54) is 16.9 Å². The maximum Gasteiger partial charge on any atom is 0.349 e. The molecule has 0 saturated heterocycles. The molecule has 1 heterocycles. The van der Waals surface area contributed by atoms with Crippen LogP contribution in [0.25, 0.3) is 0 Å². The average molecular weight is 292 g/mol. The monoisotopic (exact) mass is 292 g/mol. The number of Topliss-reactive ketones (excluding diaryl/α,β-unsaturated/α-hetero) is 1. The highest BCUT2D eigenvalue weighted by molar-refractivity contribution is 7.14. The highest BCUT2D eigenvalue weighted by Gasteiger charge is 2.28. The molecule has 3 rings (SSSR count). The van der Waals surface area contributed by atoms with Gasteiger partial charge in [-0.25, -0.2) is 4.79 Å². The van der Waals surface area contributed by atoms with Crippen LogP contribution in [-0.4, -0.2) is 17.9 Å². The second-order valence-electron chi connectivity index (χ2n) is 6.01. The third kappa shape index (κ3) is 2.80. The number of carbonyl (C=O) groups is 2. The molecular weight excluding hydrogens is 272 g/mol. The third-order valence-corrected chi connectivity index (χ3v) is 5.50. The smallest absolute Gasteiger partial charge is 0.349 e. The number of thiophene rings is 1. The van der Waals surface area contributed by atoms with E-state index in [0.29, 0.717) is 23.6 Å². The van der Waals surface area contributed by atoms with Crippen molar-refractivity contribution in [3.63, 3.8) is 0 Å². The number of fused-ring (bicyclic) bond motifs is 1. The molecule has 0 bridgehead atoms. The van der Waals surface area contributed by atoms with E-state index in [-0.39, 0.29) is 11.8 Å². The van der Waals surface area contributed by atoms with E-state index in [0.717, 1.165) is 25.7 Å². The van der Waals surface area contributed by atoms with Crippen LogP contribution in [0, 0.1) is 5.92 Å². The van der Waals surface area contributed by atoms with Crippen molar-refractivity contribution in [2.45, 2.75) is 58.0 Å². The van der Waals surface area contributed by atoms with Crippen molar-refractivity contribution >= 4 is 23.1 Å². The summed E-state index contributed by atoms with van der Waals surface area (Å²) in [4.78, 5) is 25.9. The quantitative estimate of drug-likeness (QED) is 0.783. The number of ketones is 1. The first-order valence-corrected chi connectivity index (χ1v) is 8.30. The molecule has 0 aromatic carbocycles. The minimum atomic E-state index is -0.505. The summed E-state index contributed by atoms with van der Waals surface area (Å²) in [5.41, 5.74) is 1.30. The van der Waals surface area contributed by atoms with Crippen LogP contribution in [0.2, 0.25) is 0 Å². The Kier molecular flexibility index (Phi) is 3.92. The molecule has 0 aliphatic heterocycles. The van der Waals surface area contributed by atoms with Gasteiger partial charge in [-0.15, -0.1) is 11.3 Å². The Morgan fingerprint density at radius 3 is 2.95 bits per heavy atom. The Hall–Kier alpha value is -1.16. The summed E-state index contributed by atoms with van der Waals surface area (Å²) in [6.07, 6.45) is 5.96. The van der Waals surface area contributed by atoms with Gasteiger partial charge in [0.25, 0.3) is 0 Å². The van der Waals surface area contributed by atoms with Crippen molar-refractivity contribution in [3.05, 3.63) is 21.4 Å². The van der Waals surface area contributed by atoms with Gasteiger partial charge in [-0.05, 0) is 56.1 Å². The normalized spacial score (nSPS) is 26.1. The van der Waals surface area contributed by atoms with Crippen LogP contribution in [0.4, 0.5) is 0 Å². The van der Waals surface area contributed by atoms with Gasteiger partial charge in [-0.2, -0.15) is 0 Å². The largest absolute Gasteiger partial charge is 0.450 e. The number of ether oxygens (including phenoxy) is 1. The molecule has 1 saturated carbocycles. The van der Waals surface area contributed by atoms with Crippen molar-refractivity contribution in [1.29, 1.82) is 0 Å². The van der Waals surface area contributed by atoms with Crippen LogP contribution in [0.1, 0.15) is 59.1 Å². The summed E-state index contributed by atoms with van der Waals surface area (Å²) in [6, 6.07) is 1.98. The van der Waals surface area contributed by atoms with Gasteiger partial charge in [0.05, 0.1) is 0 Å². The van der Waals surface area contributed by atoms with Crippen LogP contribution in [0.15, 0.2) is 6.07 Å². The summed E-state index contributed by atoms with van der Waals surface area (Å²) < 4.78 is 5.42. The van der Waals surface area contributed by atoms with Crippen LogP contribution in [-0.2, 0) is 22.4 Å². The number of carbonyl (C=O) groups excluding carboxylic acids is 2. The van der Waals surface area contributed by atoms with Crippen LogP contribution in [0.5, 0.6) is 0 Å². The van der Waals surface area contributed by atoms with Crippen molar-refractivity contribution in [3.8, 4) is 0 Å². The summed E-state index contributed by atoms with van der Waals surface area (Å²) in [5.74, 6) is 0.470. The zero-order valence-electron chi connectivity index (χ0n) is 11.8. The minimum absolute atomic E-state index is 0.0829. The van der Waals surface area contributed by atoms with E-state index in [4.69, 9.17) is 4.74 Å². The first kappa shape index (κ1) is 13.8. The molecule has 20 heavy (non-hydrogen) atoms. The van der Waals surface area contributed by atoms with E-state index in [1.807, 2.05) is 6.07 Å². The lowest BCUT2D eigenvalue weighted by atomic mass is 9.90. The van der Waals surface area contributed by atoms with Crippen molar-refractivity contribution < 1.29 is 14.3 Å². The summed E-state index contributed by atoms with van der Waals surface area (Å²) in [6.45, 7) is 2.25. The predicted molar refractivity (Wildman–Crippen MR) is 78.2 cm³/mol. The van der Waals surface area contributed by atoms with E-state index in [2.05, 4.69) is 6.92 Å². The molecule has 2 atom stereocenters. The van der Waals surface area contributed by atoms with Crippen molar-refractivity contribution in [2.24, 2.45) is 5.92 Å². The SMILES string of the molecule is C[C@H]1CCc2sc(C(=O)O[C@@H]3CCCCC3=O)cc2C1. The Bertz CT molecular complexity index is 532.